The summed E-state index contributed by atoms with van der Waals surface area (Å²) in [5.74, 6) is -3.15. The molecule has 1 saturated heterocycles. The summed E-state index contributed by atoms with van der Waals surface area (Å²) in [4.78, 5) is 25.7. The van der Waals surface area contributed by atoms with E-state index in [2.05, 4.69) is 14.9 Å². The van der Waals surface area contributed by atoms with Crippen LogP contribution in [0.4, 0.5) is 10.1 Å². The van der Waals surface area contributed by atoms with E-state index in [4.69, 9.17) is 28.9 Å². The second kappa shape index (κ2) is 11.9. The monoisotopic (exact) mass is 592 g/mol. The molecule has 4 rings (SSSR count). The van der Waals surface area contributed by atoms with Crippen LogP contribution < -0.4 is 15.8 Å². The molecule has 4 N–H and O–H groups in total. The Morgan fingerprint density at radius 1 is 1.00 bits per heavy atom. The van der Waals surface area contributed by atoms with Crippen LogP contribution >= 0.6 is 23.2 Å². The minimum absolute atomic E-state index is 0.123. The summed E-state index contributed by atoms with van der Waals surface area (Å²) < 4.78 is 43.1. The fourth-order valence-corrected chi connectivity index (χ4v) is 6.14. The van der Waals surface area contributed by atoms with Crippen molar-refractivity contribution in [2.24, 2.45) is 11.7 Å². The maximum Gasteiger partial charge on any atom is 0.254 e. The number of anilines is 1. The molecule has 1 aliphatic heterocycles. The lowest BCUT2D eigenvalue weighted by Crippen LogP contribution is -2.51. The number of carbonyl (C=O) groups excluding carboxylic acids is 2. The molecule has 206 valence electrons. The third-order valence-electron chi connectivity index (χ3n) is 6.46. The van der Waals surface area contributed by atoms with Crippen LogP contribution in [0.5, 0.6) is 0 Å². The Bertz CT molecular complexity index is 1420. The van der Waals surface area contributed by atoms with Gasteiger partial charge in [-0.15, -0.1) is 0 Å². The number of halogens is 3. The van der Waals surface area contributed by atoms with Crippen molar-refractivity contribution in [1.29, 1.82) is 0 Å². The van der Waals surface area contributed by atoms with Crippen molar-refractivity contribution in [3.63, 3.8) is 0 Å². The summed E-state index contributed by atoms with van der Waals surface area (Å²) in [5.41, 5.74) is 6.37. The summed E-state index contributed by atoms with van der Waals surface area (Å²) in [5, 5.41) is 3.50. The predicted octanol–water partition coefficient (Wildman–Crippen LogP) is 4.20. The maximum absolute atomic E-state index is 15.0. The highest BCUT2D eigenvalue weighted by atomic mass is 35.5. The van der Waals surface area contributed by atoms with E-state index in [-0.39, 0.29) is 23.4 Å². The molecule has 0 aliphatic carbocycles. The molecule has 3 aromatic carbocycles. The third-order valence-corrected chi connectivity index (χ3v) is 8.41. The first-order valence-electron chi connectivity index (χ1n) is 12.1. The third kappa shape index (κ3) is 7.07. The topological polar surface area (TPSA) is 122 Å². The fourth-order valence-electron chi connectivity index (χ4n) is 4.48. The van der Waals surface area contributed by atoms with Gasteiger partial charge in [0.1, 0.15) is 6.04 Å². The maximum atomic E-state index is 15.0. The Labute approximate surface area is 236 Å². The van der Waals surface area contributed by atoms with Crippen LogP contribution in [0.1, 0.15) is 34.5 Å². The van der Waals surface area contributed by atoms with Crippen molar-refractivity contribution < 1.29 is 22.4 Å². The molecule has 0 saturated carbocycles. The van der Waals surface area contributed by atoms with Crippen LogP contribution in [0, 0.1) is 11.7 Å². The zero-order chi connectivity index (χ0) is 28.3. The number of nitrogens with zero attached hydrogens (tertiary/aromatic N) is 1. The van der Waals surface area contributed by atoms with E-state index < -0.39 is 39.3 Å². The number of sulfonamides is 1. The van der Waals surface area contributed by atoms with Crippen molar-refractivity contribution in [2.45, 2.75) is 19.0 Å². The summed E-state index contributed by atoms with van der Waals surface area (Å²) in [7, 11) is -3.94. The number of primary amides is 1. The Hall–Kier alpha value is -3.18. The van der Waals surface area contributed by atoms with E-state index in [0.717, 1.165) is 11.1 Å². The van der Waals surface area contributed by atoms with Crippen molar-refractivity contribution in [3.05, 3.63) is 99.3 Å². The number of hydrogen-bond donors (Lipinski definition) is 3. The standard InChI is InChI=1S/C27H27Cl2FN4O4S/c1-16(26(31)35)32-27(36)22-3-2-4-23(24(22)30)33-39(37,38)15-17-13-34(14-17)25(18-5-9-20(28)10-6-18)19-7-11-21(29)12-8-19/h2-12,16-17,25,33H,13-15H2,1H3,(H2,31,35)(H,32,36)/t16-/m0/s1. The lowest BCUT2D eigenvalue weighted by molar-refractivity contribution is -0.119. The van der Waals surface area contributed by atoms with Gasteiger partial charge in [0.05, 0.1) is 23.0 Å². The quantitative estimate of drug-likeness (QED) is 0.326. The van der Waals surface area contributed by atoms with Gasteiger partial charge in [0.2, 0.25) is 15.9 Å². The first kappa shape index (κ1) is 28.8. The lowest BCUT2D eigenvalue weighted by Gasteiger charge is -2.44. The number of hydrogen-bond acceptors (Lipinski definition) is 5. The SMILES string of the molecule is C[C@H](NC(=O)c1cccc(NS(=O)(=O)CC2CN(C(c3ccc(Cl)cc3)c3ccc(Cl)cc3)C2)c1F)C(N)=O. The van der Waals surface area contributed by atoms with E-state index >= 15 is 4.39 Å². The molecule has 0 unspecified atom stereocenters. The van der Waals surface area contributed by atoms with E-state index in [1.54, 1.807) is 0 Å². The Kier molecular flexibility index (Phi) is 8.80. The van der Waals surface area contributed by atoms with Crippen molar-refractivity contribution >= 4 is 50.7 Å². The Morgan fingerprint density at radius 3 is 2.05 bits per heavy atom. The second-order valence-corrected chi connectivity index (χ2v) is 12.1. The molecule has 1 aliphatic rings. The summed E-state index contributed by atoms with van der Waals surface area (Å²) in [6.07, 6.45) is 0. The van der Waals surface area contributed by atoms with Crippen LogP contribution in [0.2, 0.25) is 10.0 Å². The number of carbonyl (C=O) groups is 2. The molecule has 1 fully saturated rings. The first-order valence-corrected chi connectivity index (χ1v) is 14.5. The first-order chi connectivity index (χ1) is 18.4. The summed E-state index contributed by atoms with van der Waals surface area (Å²) in [6.45, 7) is 2.34. The molecular weight excluding hydrogens is 566 g/mol. The molecule has 3 aromatic rings. The highest BCUT2D eigenvalue weighted by Gasteiger charge is 2.36. The van der Waals surface area contributed by atoms with Gasteiger partial charge < -0.3 is 11.1 Å². The zero-order valence-corrected chi connectivity index (χ0v) is 23.2. The molecule has 0 spiro atoms. The van der Waals surface area contributed by atoms with Gasteiger partial charge in [-0.25, -0.2) is 12.8 Å². The number of nitrogens with two attached hydrogens (primary N) is 1. The van der Waals surface area contributed by atoms with Gasteiger partial charge in [-0.05, 0) is 54.4 Å². The fraction of sp³-hybridized carbons (Fsp3) is 0.259. The van der Waals surface area contributed by atoms with Gasteiger partial charge in [0.15, 0.2) is 5.82 Å². The zero-order valence-electron chi connectivity index (χ0n) is 20.9. The lowest BCUT2D eigenvalue weighted by atomic mass is 9.91. The number of amides is 2. The van der Waals surface area contributed by atoms with Gasteiger partial charge >= 0.3 is 0 Å². The van der Waals surface area contributed by atoms with Crippen molar-refractivity contribution in [3.8, 4) is 0 Å². The number of nitrogens with one attached hydrogen (secondary N) is 2. The smallest absolute Gasteiger partial charge is 0.254 e. The average molecular weight is 594 g/mol. The minimum atomic E-state index is -3.94. The Morgan fingerprint density at radius 2 is 1.54 bits per heavy atom. The van der Waals surface area contributed by atoms with E-state index in [0.29, 0.717) is 23.1 Å². The van der Waals surface area contributed by atoms with Crippen LogP contribution in [-0.4, -0.2) is 50.0 Å². The van der Waals surface area contributed by atoms with Crippen molar-refractivity contribution in [1.82, 2.24) is 10.2 Å². The van der Waals surface area contributed by atoms with Gasteiger partial charge in [0, 0.05) is 29.1 Å². The number of likely N-dealkylation sites (tertiary alicyclic amines) is 1. The van der Waals surface area contributed by atoms with E-state index in [1.807, 2.05) is 48.5 Å². The molecular formula is C27H27Cl2FN4O4S. The van der Waals surface area contributed by atoms with Gasteiger partial charge in [0.25, 0.3) is 5.91 Å². The van der Waals surface area contributed by atoms with Crippen molar-refractivity contribution in [2.75, 3.05) is 23.6 Å². The molecule has 8 nitrogen and oxygen atoms in total. The van der Waals surface area contributed by atoms with E-state index in [9.17, 15) is 18.0 Å². The highest BCUT2D eigenvalue weighted by Crippen LogP contribution is 2.36. The number of benzene rings is 3. The molecule has 1 atom stereocenters. The van der Waals surface area contributed by atoms with E-state index in [1.165, 1.54) is 25.1 Å². The van der Waals surface area contributed by atoms with Crippen LogP contribution in [0.15, 0.2) is 66.7 Å². The predicted molar refractivity (Wildman–Crippen MR) is 150 cm³/mol. The largest absolute Gasteiger partial charge is 0.368 e. The molecule has 1 heterocycles. The van der Waals surface area contributed by atoms with Gasteiger partial charge in [-0.2, -0.15) is 0 Å². The van der Waals surface area contributed by atoms with Crippen LogP contribution in [0.25, 0.3) is 0 Å². The summed E-state index contributed by atoms with van der Waals surface area (Å²) >= 11 is 12.1. The van der Waals surface area contributed by atoms with Gasteiger partial charge in [-0.3, -0.25) is 19.2 Å². The molecule has 0 radical (unpaired) electrons. The highest BCUT2D eigenvalue weighted by molar-refractivity contribution is 7.92. The molecule has 2 amide bonds. The van der Waals surface area contributed by atoms with Gasteiger partial charge in [-0.1, -0.05) is 53.5 Å². The number of rotatable bonds is 10. The average Bonchev–Trinajstić information content (AvgIpc) is 2.85. The Balaban J connectivity index is 1.44. The van der Waals surface area contributed by atoms with Crippen LogP contribution in [-0.2, 0) is 14.8 Å². The normalized spacial score (nSPS) is 15.0. The minimum Gasteiger partial charge on any atom is -0.368 e. The molecule has 0 bridgehead atoms. The molecule has 12 heteroatoms. The van der Waals surface area contributed by atoms with Crippen LogP contribution in [0.3, 0.4) is 0 Å². The molecule has 0 aromatic heterocycles. The second-order valence-electron chi connectivity index (χ2n) is 9.47. The molecule has 39 heavy (non-hydrogen) atoms. The summed E-state index contributed by atoms with van der Waals surface area (Å²) in [6, 6.07) is 17.6.